The Bertz CT molecular complexity index is 566. The zero-order valence-corrected chi connectivity index (χ0v) is 10.00. The highest BCUT2D eigenvalue weighted by Gasteiger charge is 2.13. The van der Waals surface area contributed by atoms with Gasteiger partial charge in [-0.05, 0) is 18.6 Å². The fourth-order valence-corrected chi connectivity index (χ4v) is 1.69. The quantitative estimate of drug-likeness (QED) is 0.610. The molecule has 4 nitrogen and oxygen atoms in total. The zero-order chi connectivity index (χ0) is 13.0. The Hall–Kier alpha value is -2.36. The Morgan fingerprint density at radius 2 is 1.94 bits per heavy atom. The normalized spacial score (nSPS) is 10.1. The minimum absolute atomic E-state index is 0.00912. The van der Waals surface area contributed by atoms with Crippen molar-refractivity contribution >= 4 is 5.69 Å². The maximum atomic E-state index is 10.8. The average molecular weight is 243 g/mol. The van der Waals surface area contributed by atoms with Gasteiger partial charge in [0.05, 0.1) is 4.92 Å². The second kappa shape index (κ2) is 5.31. The molecule has 0 saturated heterocycles. The molecule has 92 valence electrons. The van der Waals surface area contributed by atoms with Crippen LogP contribution in [0.1, 0.15) is 11.1 Å². The van der Waals surface area contributed by atoms with Gasteiger partial charge in [-0.2, -0.15) is 0 Å². The summed E-state index contributed by atoms with van der Waals surface area (Å²) in [5.74, 6) is 0.295. The Morgan fingerprint density at radius 1 is 1.17 bits per heavy atom. The van der Waals surface area contributed by atoms with E-state index in [0.717, 1.165) is 11.1 Å². The minimum atomic E-state index is -0.439. The number of nitro benzene ring substituents is 1. The number of ether oxygens (including phenoxy) is 1. The van der Waals surface area contributed by atoms with Crippen molar-refractivity contribution < 1.29 is 9.66 Å². The average Bonchev–Trinajstić information content (AvgIpc) is 2.37. The Morgan fingerprint density at radius 3 is 2.67 bits per heavy atom. The first-order chi connectivity index (χ1) is 8.66. The summed E-state index contributed by atoms with van der Waals surface area (Å²) in [7, 11) is 0. The molecule has 0 saturated carbocycles. The summed E-state index contributed by atoms with van der Waals surface area (Å²) in [6.07, 6.45) is 0. The van der Waals surface area contributed by atoms with Crippen molar-refractivity contribution in [3.8, 4) is 5.75 Å². The van der Waals surface area contributed by atoms with E-state index in [1.807, 2.05) is 31.2 Å². The number of nitrogens with zero attached hydrogens (tertiary/aromatic N) is 1. The van der Waals surface area contributed by atoms with Gasteiger partial charge in [-0.3, -0.25) is 10.1 Å². The second-order valence-electron chi connectivity index (χ2n) is 4.00. The summed E-state index contributed by atoms with van der Waals surface area (Å²) in [5.41, 5.74) is 2.12. The summed E-state index contributed by atoms with van der Waals surface area (Å²) in [4.78, 5) is 10.4. The van der Waals surface area contributed by atoms with Crippen molar-refractivity contribution in [1.29, 1.82) is 0 Å². The highest BCUT2D eigenvalue weighted by molar-refractivity contribution is 5.45. The molecule has 0 unspecified atom stereocenters. The molecule has 2 aromatic carbocycles. The second-order valence-corrected chi connectivity index (χ2v) is 4.00. The number of nitro groups is 1. The molecule has 0 radical (unpaired) electrons. The molecule has 0 heterocycles. The lowest BCUT2D eigenvalue weighted by Gasteiger charge is -2.07. The van der Waals surface area contributed by atoms with Gasteiger partial charge < -0.3 is 4.74 Å². The van der Waals surface area contributed by atoms with Crippen molar-refractivity contribution in [3.05, 3.63) is 69.8 Å². The third-order valence-corrected chi connectivity index (χ3v) is 2.54. The summed E-state index contributed by atoms with van der Waals surface area (Å²) >= 11 is 0. The first-order valence-electron chi connectivity index (χ1n) is 5.58. The summed E-state index contributed by atoms with van der Waals surface area (Å²) in [6, 6.07) is 14.2. The Labute approximate surface area is 105 Å². The van der Waals surface area contributed by atoms with E-state index in [1.165, 1.54) is 6.07 Å². The maximum absolute atomic E-state index is 10.8. The number of hydrogen-bond donors (Lipinski definition) is 0. The molecule has 2 aromatic rings. The van der Waals surface area contributed by atoms with Gasteiger partial charge in [0.15, 0.2) is 5.75 Å². The van der Waals surface area contributed by atoms with Crippen molar-refractivity contribution in [2.24, 2.45) is 0 Å². The third kappa shape index (κ3) is 2.85. The minimum Gasteiger partial charge on any atom is -0.482 e. The molecule has 0 N–H and O–H groups in total. The van der Waals surface area contributed by atoms with Gasteiger partial charge in [-0.25, -0.2) is 0 Å². The number of rotatable bonds is 4. The summed E-state index contributed by atoms with van der Waals surface area (Å²) < 4.78 is 5.50. The van der Waals surface area contributed by atoms with E-state index in [1.54, 1.807) is 18.2 Å². The Balaban J connectivity index is 2.13. The van der Waals surface area contributed by atoms with Gasteiger partial charge >= 0.3 is 5.69 Å². The standard InChI is InChI=1S/C14H13NO3/c1-11-5-4-6-12(9-11)10-18-14-8-3-2-7-13(14)15(16)17/h2-9H,10H2,1H3. The predicted molar refractivity (Wildman–Crippen MR) is 68.6 cm³/mol. The van der Waals surface area contributed by atoms with Crippen LogP contribution < -0.4 is 4.74 Å². The van der Waals surface area contributed by atoms with Gasteiger partial charge in [0, 0.05) is 6.07 Å². The first-order valence-corrected chi connectivity index (χ1v) is 5.58. The monoisotopic (exact) mass is 243 g/mol. The highest BCUT2D eigenvalue weighted by atomic mass is 16.6. The smallest absolute Gasteiger partial charge is 0.310 e. The van der Waals surface area contributed by atoms with Crippen LogP contribution in [-0.4, -0.2) is 4.92 Å². The number of para-hydroxylation sites is 2. The van der Waals surface area contributed by atoms with E-state index in [4.69, 9.17) is 4.74 Å². The largest absolute Gasteiger partial charge is 0.482 e. The van der Waals surface area contributed by atoms with Crippen LogP contribution >= 0.6 is 0 Å². The maximum Gasteiger partial charge on any atom is 0.310 e. The van der Waals surface area contributed by atoms with Crippen LogP contribution in [0.4, 0.5) is 5.69 Å². The van der Waals surface area contributed by atoms with E-state index in [0.29, 0.717) is 12.4 Å². The molecule has 0 bridgehead atoms. The predicted octanol–water partition coefficient (Wildman–Crippen LogP) is 3.48. The molecule has 18 heavy (non-hydrogen) atoms. The molecule has 4 heteroatoms. The van der Waals surface area contributed by atoms with Crippen LogP contribution in [0.5, 0.6) is 5.75 Å². The van der Waals surface area contributed by atoms with E-state index >= 15 is 0 Å². The van der Waals surface area contributed by atoms with Crippen LogP contribution in [0.15, 0.2) is 48.5 Å². The lowest BCUT2D eigenvalue weighted by molar-refractivity contribution is -0.385. The van der Waals surface area contributed by atoms with Gasteiger partial charge in [-0.15, -0.1) is 0 Å². The summed E-state index contributed by atoms with van der Waals surface area (Å²) in [6.45, 7) is 2.32. The molecular formula is C14H13NO3. The zero-order valence-electron chi connectivity index (χ0n) is 10.00. The number of benzene rings is 2. The topological polar surface area (TPSA) is 52.4 Å². The van der Waals surface area contributed by atoms with Crippen molar-refractivity contribution in [1.82, 2.24) is 0 Å². The van der Waals surface area contributed by atoms with Crippen molar-refractivity contribution in [2.75, 3.05) is 0 Å². The van der Waals surface area contributed by atoms with Gasteiger partial charge in [0.2, 0.25) is 0 Å². The van der Waals surface area contributed by atoms with Crippen LogP contribution in [0.3, 0.4) is 0 Å². The van der Waals surface area contributed by atoms with Gasteiger partial charge in [0.25, 0.3) is 0 Å². The molecule has 0 fully saturated rings. The number of hydrogen-bond acceptors (Lipinski definition) is 3. The molecule has 2 rings (SSSR count). The van der Waals surface area contributed by atoms with Crippen LogP contribution in [-0.2, 0) is 6.61 Å². The molecule has 0 aliphatic heterocycles. The molecule has 0 amide bonds. The molecule has 0 aliphatic rings. The fourth-order valence-electron chi connectivity index (χ4n) is 1.69. The van der Waals surface area contributed by atoms with Crippen LogP contribution in [0, 0.1) is 17.0 Å². The summed E-state index contributed by atoms with van der Waals surface area (Å²) in [5, 5.41) is 10.8. The molecular weight excluding hydrogens is 230 g/mol. The van der Waals surface area contributed by atoms with Gasteiger partial charge in [0.1, 0.15) is 6.61 Å². The van der Waals surface area contributed by atoms with Crippen LogP contribution in [0.2, 0.25) is 0 Å². The van der Waals surface area contributed by atoms with Gasteiger partial charge in [-0.1, -0.05) is 42.0 Å². The van der Waals surface area contributed by atoms with Crippen molar-refractivity contribution in [3.63, 3.8) is 0 Å². The fraction of sp³-hybridized carbons (Fsp3) is 0.143. The van der Waals surface area contributed by atoms with Crippen LogP contribution in [0.25, 0.3) is 0 Å². The lowest BCUT2D eigenvalue weighted by atomic mass is 10.1. The van der Waals surface area contributed by atoms with E-state index in [9.17, 15) is 10.1 Å². The first kappa shape index (κ1) is 12.1. The Kier molecular flexibility index (Phi) is 3.57. The van der Waals surface area contributed by atoms with E-state index in [2.05, 4.69) is 0 Å². The number of aryl methyl sites for hydroxylation is 1. The SMILES string of the molecule is Cc1cccc(COc2ccccc2[N+](=O)[O-])c1. The lowest BCUT2D eigenvalue weighted by Crippen LogP contribution is -1.99. The molecule has 0 spiro atoms. The third-order valence-electron chi connectivity index (χ3n) is 2.54. The highest BCUT2D eigenvalue weighted by Crippen LogP contribution is 2.26. The molecule has 0 atom stereocenters. The molecule has 0 aliphatic carbocycles. The van der Waals surface area contributed by atoms with E-state index < -0.39 is 4.92 Å². The van der Waals surface area contributed by atoms with E-state index in [-0.39, 0.29) is 5.69 Å². The van der Waals surface area contributed by atoms with Crippen molar-refractivity contribution in [2.45, 2.75) is 13.5 Å². The molecule has 0 aromatic heterocycles.